The zero-order valence-corrected chi connectivity index (χ0v) is 9.52. The molecule has 90 valence electrons. The minimum absolute atomic E-state index is 0.0369. The summed E-state index contributed by atoms with van der Waals surface area (Å²) in [6, 6.07) is 4.81. The molecule has 1 aliphatic rings. The fraction of sp³-hybridized carbons (Fsp3) is 0.273. The van der Waals surface area contributed by atoms with E-state index < -0.39 is 0 Å². The first-order chi connectivity index (χ1) is 8.11. The molecule has 0 fully saturated rings. The molecule has 2 amide bonds. The Balaban J connectivity index is 2.28. The molecular weight excluding hydrogens is 224 g/mol. The molecule has 1 aromatic rings. The van der Waals surface area contributed by atoms with Crippen molar-refractivity contribution >= 4 is 17.5 Å². The van der Waals surface area contributed by atoms with Crippen LogP contribution in [0.1, 0.15) is 10.4 Å². The lowest BCUT2D eigenvalue weighted by Crippen LogP contribution is -2.27. The van der Waals surface area contributed by atoms with Crippen LogP contribution in [-0.4, -0.2) is 37.6 Å². The van der Waals surface area contributed by atoms with E-state index in [4.69, 9.17) is 9.57 Å². The number of carbonyl (C=O) groups excluding carboxylic acids is 2. The Morgan fingerprint density at radius 1 is 1.53 bits per heavy atom. The quantitative estimate of drug-likeness (QED) is 0.765. The number of fused-ring (bicyclic) bond motifs is 1. The molecule has 0 atom stereocenters. The highest BCUT2D eigenvalue weighted by Gasteiger charge is 2.19. The van der Waals surface area contributed by atoms with Gasteiger partial charge in [-0.2, -0.15) is 0 Å². The van der Waals surface area contributed by atoms with Crippen LogP contribution in [0.5, 0.6) is 5.75 Å². The molecule has 1 N–H and O–H groups in total. The van der Waals surface area contributed by atoms with E-state index in [1.165, 1.54) is 14.2 Å². The van der Waals surface area contributed by atoms with Crippen LogP contribution >= 0.6 is 0 Å². The molecule has 0 saturated heterocycles. The van der Waals surface area contributed by atoms with Crippen molar-refractivity contribution in [1.82, 2.24) is 5.06 Å². The van der Waals surface area contributed by atoms with Crippen molar-refractivity contribution in [3.63, 3.8) is 0 Å². The summed E-state index contributed by atoms with van der Waals surface area (Å²) in [5.41, 5.74) is 1.00. The van der Waals surface area contributed by atoms with Crippen LogP contribution in [0, 0.1) is 0 Å². The number of rotatable bonds is 2. The lowest BCUT2D eigenvalue weighted by molar-refractivity contribution is -0.118. The average molecular weight is 236 g/mol. The van der Waals surface area contributed by atoms with Crippen LogP contribution in [0.25, 0.3) is 0 Å². The van der Waals surface area contributed by atoms with Crippen LogP contribution in [0.15, 0.2) is 18.2 Å². The summed E-state index contributed by atoms with van der Waals surface area (Å²) >= 11 is 0. The summed E-state index contributed by atoms with van der Waals surface area (Å²) in [4.78, 5) is 27.7. The third-order valence-corrected chi connectivity index (χ3v) is 2.42. The number of benzene rings is 1. The predicted octanol–water partition coefficient (Wildman–Crippen LogP) is 0.651. The van der Waals surface area contributed by atoms with Gasteiger partial charge in [0.2, 0.25) is 0 Å². The lowest BCUT2D eigenvalue weighted by atomic mass is 10.1. The molecule has 0 radical (unpaired) electrons. The summed E-state index contributed by atoms with van der Waals surface area (Å²) in [5.74, 6) is 0.00124. The molecule has 0 aliphatic carbocycles. The Kier molecular flexibility index (Phi) is 2.97. The van der Waals surface area contributed by atoms with Gasteiger partial charge in [-0.25, -0.2) is 5.06 Å². The Morgan fingerprint density at radius 2 is 2.29 bits per heavy atom. The zero-order chi connectivity index (χ0) is 12.4. The maximum absolute atomic E-state index is 11.8. The van der Waals surface area contributed by atoms with E-state index in [9.17, 15) is 9.59 Å². The predicted molar refractivity (Wildman–Crippen MR) is 59.7 cm³/mol. The van der Waals surface area contributed by atoms with Gasteiger partial charge in [0.15, 0.2) is 6.61 Å². The van der Waals surface area contributed by atoms with E-state index in [1.54, 1.807) is 18.2 Å². The van der Waals surface area contributed by atoms with Crippen LogP contribution in [0.2, 0.25) is 0 Å². The van der Waals surface area contributed by atoms with E-state index in [0.717, 1.165) is 5.06 Å². The molecule has 0 spiro atoms. The molecule has 0 aromatic heterocycles. The first-order valence-electron chi connectivity index (χ1n) is 5.00. The highest BCUT2D eigenvalue weighted by molar-refractivity contribution is 5.98. The van der Waals surface area contributed by atoms with Crippen LogP contribution in [0.3, 0.4) is 0 Å². The summed E-state index contributed by atoms with van der Waals surface area (Å²) in [6.07, 6.45) is 0. The SMILES string of the molecule is CON(C)C(=O)c1ccc2c(c1)OCC(=O)N2. The molecule has 1 aromatic carbocycles. The topological polar surface area (TPSA) is 67.9 Å². The average Bonchev–Trinajstić information content (AvgIpc) is 2.36. The molecule has 0 saturated carbocycles. The molecular formula is C11H12N2O4. The monoisotopic (exact) mass is 236 g/mol. The van der Waals surface area contributed by atoms with Gasteiger partial charge in [0.25, 0.3) is 11.8 Å². The number of nitrogens with zero attached hydrogens (tertiary/aromatic N) is 1. The molecule has 1 aliphatic heterocycles. The number of nitrogens with one attached hydrogen (secondary N) is 1. The fourth-order valence-electron chi connectivity index (χ4n) is 1.47. The van der Waals surface area contributed by atoms with Crippen molar-refractivity contribution in [3.8, 4) is 5.75 Å². The zero-order valence-electron chi connectivity index (χ0n) is 9.52. The first kappa shape index (κ1) is 11.4. The van der Waals surface area contributed by atoms with Crippen molar-refractivity contribution in [2.45, 2.75) is 0 Å². The van der Waals surface area contributed by atoms with Gasteiger partial charge in [0, 0.05) is 12.6 Å². The Labute approximate surface area is 98.1 Å². The van der Waals surface area contributed by atoms with E-state index in [2.05, 4.69) is 5.32 Å². The van der Waals surface area contributed by atoms with Crippen molar-refractivity contribution in [1.29, 1.82) is 0 Å². The van der Waals surface area contributed by atoms with Gasteiger partial charge in [0.05, 0.1) is 12.8 Å². The third kappa shape index (κ3) is 2.21. The van der Waals surface area contributed by atoms with Gasteiger partial charge in [-0.05, 0) is 18.2 Å². The molecule has 2 rings (SSSR count). The van der Waals surface area contributed by atoms with Gasteiger partial charge in [0.1, 0.15) is 5.75 Å². The van der Waals surface area contributed by atoms with Gasteiger partial charge in [-0.3, -0.25) is 14.4 Å². The number of carbonyl (C=O) groups is 2. The van der Waals surface area contributed by atoms with Crippen LogP contribution < -0.4 is 10.1 Å². The van der Waals surface area contributed by atoms with Gasteiger partial charge < -0.3 is 10.1 Å². The summed E-state index contributed by atoms with van der Waals surface area (Å²) in [7, 11) is 2.93. The van der Waals surface area contributed by atoms with Gasteiger partial charge in [-0.15, -0.1) is 0 Å². The van der Waals surface area contributed by atoms with Crippen molar-refractivity contribution in [2.24, 2.45) is 0 Å². The number of hydrogen-bond donors (Lipinski definition) is 1. The number of hydrogen-bond acceptors (Lipinski definition) is 4. The Bertz CT molecular complexity index is 473. The number of amides is 2. The highest BCUT2D eigenvalue weighted by atomic mass is 16.7. The van der Waals surface area contributed by atoms with Gasteiger partial charge in [-0.1, -0.05) is 0 Å². The maximum Gasteiger partial charge on any atom is 0.277 e. The second-order valence-corrected chi connectivity index (χ2v) is 3.53. The van der Waals surface area contributed by atoms with Crippen molar-refractivity contribution < 1.29 is 19.2 Å². The Hall–Kier alpha value is -2.08. The second kappa shape index (κ2) is 4.42. The molecule has 0 bridgehead atoms. The summed E-state index contributed by atoms with van der Waals surface area (Å²) in [6.45, 7) is -0.0369. The number of hydroxylamine groups is 2. The van der Waals surface area contributed by atoms with E-state index in [-0.39, 0.29) is 18.4 Å². The number of ether oxygens (including phenoxy) is 1. The number of anilines is 1. The van der Waals surface area contributed by atoms with E-state index in [0.29, 0.717) is 17.0 Å². The fourth-order valence-corrected chi connectivity index (χ4v) is 1.47. The summed E-state index contributed by atoms with van der Waals surface area (Å²) in [5, 5.41) is 3.76. The molecule has 6 heteroatoms. The molecule has 1 heterocycles. The first-order valence-corrected chi connectivity index (χ1v) is 5.00. The van der Waals surface area contributed by atoms with Gasteiger partial charge >= 0.3 is 0 Å². The van der Waals surface area contributed by atoms with E-state index >= 15 is 0 Å². The van der Waals surface area contributed by atoms with Crippen molar-refractivity contribution in [3.05, 3.63) is 23.8 Å². The normalized spacial score (nSPS) is 13.4. The van der Waals surface area contributed by atoms with E-state index in [1.807, 2.05) is 0 Å². The minimum atomic E-state index is -0.282. The smallest absolute Gasteiger partial charge is 0.277 e. The highest BCUT2D eigenvalue weighted by Crippen LogP contribution is 2.28. The Morgan fingerprint density at radius 3 is 3.00 bits per heavy atom. The molecule has 6 nitrogen and oxygen atoms in total. The molecule has 0 unspecified atom stereocenters. The largest absolute Gasteiger partial charge is 0.482 e. The maximum atomic E-state index is 11.8. The minimum Gasteiger partial charge on any atom is -0.482 e. The van der Waals surface area contributed by atoms with Crippen molar-refractivity contribution in [2.75, 3.05) is 26.1 Å². The second-order valence-electron chi connectivity index (χ2n) is 3.53. The van der Waals surface area contributed by atoms with Crippen LogP contribution in [-0.2, 0) is 9.63 Å². The summed E-state index contributed by atoms with van der Waals surface area (Å²) < 4.78 is 5.22. The van der Waals surface area contributed by atoms with Crippen LogP contribution in [0.4, 0.5) is 5.69 Å². The standard InChI is InChI=1S/C11H12N2O4/c1-13(16-2)11(15)7-3-4-8-9(5-7)17-6-10(14)12-8/h3-5H,6H2,1-2H3,(H,12,14). The molecule has 17 heavy (non-hydrogen) atoms. The third-order valence-electron chi connectivity index (χ3n) is 2.42. The lowest BCUT2D eigenvalue weighted by Gasteiger charge is -2.19.